The van der Waals surface area contributed by atoms with E-state index in [4.69, 9.17) is 4.74 Å². The van der Waals surface area contributed by atoms with Crippen LogP contribution in [0, 0.1) is 11.6 Å². The van der Waals surface area contributed by atoms with Crippen LogP contribution in [0.15, 0.2) is 47.5 Å². The summed E-state index contributed by atoms with van der Waals surface area (Å²) in [6, 6.07) is 11.3. The maximum absolute atomic E-state index is 13.8. The molecule has 0 bridgehead atoms. The molecule has 0 radical (unpaired) electrons. The quantitative estimate of drug-likeness (QED) is 0.576. The predicted molar refractivity (Wildman–Crippen MR) is 104 cm³/mol. The van der Waals surface area contributed by atoms with Gasteiger partial charge in [-0.05, 0) is 50.0 Å². The second kappa shape index (κ2) is 9.87. The number of hydrogen-bond donors (Lipinski definition) is 2. The van der Waals surface area contributed by atoms with E-state index in [1.54, 1.807) is 14.2 Å². The van der Waals surface area contributed by atoms with Crippen molar-refractivity contribution in [3.05, 3.63) is 65.2 Å². The number of nitrogens with one attached hydrogen (secondary N) is 2. The van der Waals surface area contributed by atoms with Crippen molar-refractivity contribution in [3.8, 4) is 5.75 Å². The van der Waals surface area contributed by atoms with Crippen molar-refractivity contribution in [3.63, 3.8) is 0 Å². The Morgan fingerprint density at radius 1 is 1.15 bits per heavy atom. The molecular weight excluding hydrogens is 350 g/mol. The molecule has 2 aromatic carbocycles. The zero-order valence-electron chi connectivity index (χ0n) is 16.1. The van der Waals surface area contributed by atoms with Crippen LogP contribution in [0.5, 0.6) is 5.75 Å². The van der Waals surface area contributed by atoms with Crippen molar-refractivity contribution < 1.29 is 13.5 Å². The molecule has 0 saturated heterocycles. The molecule has 0 aliphatic rings. The summed E-state index contributed by atoms with van der Waals surface area (Å²) in [4.78, 5) is 6.23. The van der Waals surface area contributed by atoms with Crippen molar-refractivity contribution in [2.45, 2.75) is 12.6 Å². The fraction of sp³-hybridized carbons (Fsp3) is 0.350. The van der Waals surface area contributed by atoms with Crippen LogP contribution in [0.3, 0.4) is 0 Å². The minimum absolute atomic E-state index is 0.0737. The molecule has 0 spiro atoms. The van der Waals surface area contributed by atoms with E-state index in [1.165, 1.54) is 6.07 Å². The van der Waals surface area contributed by atoms with Gasteiger partial charge in [-0.3, -0.25) is 4.99 Å². The Labute approximate surface area is 159 Å². The van der Waals surface area contributed by atoms with E-state index in [-0.39, 0.29) is 18.2 Å². The fourth-order valence-electron chi connectivity index (χ4n) is 2.72. The number of aliphatic imine (C=N–C) groups is 1. The molecule has 0 heterocycles. The molecule has 0 aromatic heterocycles. The maximum Gasteiger partial charge on any atom is 0.191 e. The molecule has 27 heavy (non-hydrogen) atoms. The number of guanidine groups is 1. The van der Waals surface area contributed by atoms with Crippen LogP contribution in [0.4, 0.5) is 8.78 Å². The highest BCUT2D eigenvalue weighted by molar-refractivity contribution is 5.79. The lowest BCUT2D eigenvalue weighted by Crippen LogP contribution is -2.41. The van der Waals surface area contributed by atoms with E-state index in [9.17, 15) is 8.78 Å². The van der Waals surface area contributed by atoms with Gasteiger partial charge in [-0.2, -0.15) is 0 Å². The van der Waals surface area contributed by atoms with Gasteiger partial charge in [0.05, 0.1) is 13.2 Å². The third kappa shape index (κ3) is 5.92. The zero-order chi connectivity index (χ0) is 19.8. The first-order valence-electron chi connectivity index (χ1n) is 8.63. The molecule has 2 aromatic rings. The number of methoxy groups -OCH3 is 1. The number of halogens is 2. The number of ether oxygens (including phenoxy) is 1. The summed E-state index contributed by atoms with van der Waals surface area (Å²) in [7, 11) is 7.25. The second-order valence-electron chi connectivity index (χ2n) is 6.30. The van der Waals surface area contributed by atoms with E-state index in [0.717, 1.165) is 23.4 Å². The van der Waals surface area contributed by atoms with Crippen LogP contribution in [-0.2, 0) is 6.54 Å². The first-order chi connectivity index (χ1) is 12.9. The van der Waals surface area contributed by atoms with E-state index >= 15 is 0 Å². The van der Waals surface area contributed by atoms with Crippen molar-refractivity contribution in [2.75, 3.05) is 34.8 Å². The highest BCUT2D eigenvalue weighted by atomic mass is 19.1. The zero-order valence-corrected chi connectivity index (χ0v) is 16.1. The van der Waals surface area contributed by atoms with Crippen LogP contribution >= 0.6 is 0 Å². The Kier molecular flexibility index (Phi) is 7.55. The van der Waals surface area contributed by atoms with Gasteiger partial charge in [0, 0.05) is 25.7 Å². The largest absolute Gasteiger partial charge is 0.497 e. The Bertz CT molecular complexity index is 780. The normalized spacial score (nSPS) is 12.8. The van der Waals surface area contributed by atoms with E-state index in [2.05, 4.69) is 20.5 Å². The highest BCUT2D eigenvalue weighted by Crippen LogP contribution is 2.22. The summed E-state index contributed by atoms with van der Waals surface area (Å²) in [5.41, 5.74) is 1.34. The molecule has 1 atom stereocenters. The van der Waals surface area contributed by atoms with E-state index in [0.29, 0.717) is 12.5 Å². The van der Waals surface area contributed by atoms with Crippen LogP contribution < -0.4 is 15.4 Å². The summed E-state index contributed by atoms with van der Waals surface area (Å²) in [6.45, 7) is 0.709. The SMILES string of the molecule is CN=C(NCc1cc(F)ccc1F)NCC(c1cccc(OC)c1)N(C)C. The fourth-order valence-corrected chi connectivity index (χ4v) is 2.72. The average molecular weight is 376 g/mol. The summed E-state index contributed by atoms with van der Waals surface area (Å²) >= 11 is 0. The monoisotopic (exact) mass is 376 g/mol. The number of rotatable bonds is 7. The topological polar surface area (TPSA) is 48.9 Å². The minimum atomic E-state index is -0.471. The van der Waals surface area contributed by atoms with Crippen LogP contribution in [0.2, 0.25) is 0 Å². The summed E-state index contributed by atoms with van der Waals surface area (Å²) in [6.07, 6.45) is 0. The van der Waals surface area contributed by atoms with Crippen molar-refractivity contribution in [1.82, 2.24) is 15.5 Å². The molecule has 0 fully saturated rings. The third-order valence-corrected chi connectivity index (χ3v) is 4.24. The van der Waals surface area contributed by atoms with Gasteiger partial charge in [0.1, 0.15) is 17.4 Å². The van der Waals surface area contributed by atoms with Gasteiger partial charge in [0.15, 0.2) is 5.96 Å². The van der Waals surface area contributed by atoms with Crippen molar-refractivity contribution in [2.24, 2.45) is 4.99 Å². The molecule has 2 N–H and O–H groups in total. The maximum atomic E-state index is 13.8. The Morgan fingerprint density at radius 2 is 1.93 bits per heavy atom. The van der Waals surface area contributed by atoms with Gasteiger partial charge in [-0.1, -0.05) is 12.1 Å². The van der Waals surface area contributed by atoms with Gasteiger partial charge in [-0.25, -0.2) is 8.78 Å². The van der Waals surface area contributed by atoms with Crippen LogP contribution in [0.1, 0.15) is 17.2 Å². The van der Waals surface area contributed by atoms with Crippen LogP contribution in [0.25, 0.3) is 0 Å². The molecule has 146 valence electrons. The Morgan fingerprint density at radius 3 is 2.59 bits per heavy atom. The molecule has 2 rings (SSSR count). The highest BCUT2D eigenvalue weighted by Gasteiger charge is 2.15. The molecule has 0 aliphatic carbocycles. The van der Waals surface area contributed by atoms with Gasteiger partial charge in [0.2, 0.25) is 0 Å². The van der Waals surface area contributed by atoms with E-state index < -0.39 is 11.6 Å². The number of likely N-dealkylation sites (N-methyl/N-ethyl adjacent to an activating group) is 1. The summed E-state index contributed by atoms with van der Waals surface area (Å²) in [5.74, 6) is 0.376. The van der Waals surface area contributed by atoms with Gasteiger partial charge < -0.3 is 20.3 Å². The third-order valence-electron chi connectivity index (χ3n) is 4.24. The first kappa shape index (κ1) is 20.6. The first-order valence-corrected chi connectivity index (χ1v) is 8.63. The number of hydrogen-bond acceptors (Lipinski definition) is 3. The molecule has 0 aliphatic heterocycles. The van der Waals surface area contributed by atoms with Crippen LogP contribution in [-0.4, -0.2) is 45.7 Å². The van der Waals surface area contributed by atoms with Crippen molar-refractivity contribution >= 4 is 5.96 Å². The molecule has 7 heteroatoms. The smallest absolute Gasteiger partial charge is 0.191 e. The average Bonchev–Trinajstić information content (AvgIpc) is 2.66. The lowest BCUT2D eigenvalue weighted by atomic mass is 10.1. The standard InChI is InChI=1S/C20H26F2N4O/c1-23-20(24-12-15-10-16(21)8-9-18(15)22)25-13-19(26(2)3)14-6-5-7-17(11-14)27-4/h5-11,19H,12-13H2,1-4H3,(H2,23,24,25). The summed E-state index contributed by atoms with van der Waals surface area (Å²) < 4.78 is 32.3. The predicted octanol–water partition coefficient (Wildman–Crippen LogP) is 2.94. The minimum Gasteiger partial charge on any atom is -0.497 e. The molecule has 0 amide bonds. The van der Waals surface area contributed by atoms with Gasteiger partial charge >= 0.3 is 0 Å². The number of nitrogens with zero attached hydrogens (tertiary/aromatic N) is 2. The number of benzene rings is 2. The Balaban J connectivity index is 2.01. The lowest BCUT2D eigenvalue weighted by molar-refractivity contribution is 0.297. The molecular formula is C20H26F2N4O. The Hall–Kier alpha value is -2.67. The van der Waals surface area contributed by atoms with Gasteiger partial charge in [0.25, 0.3) is 0 Å². The van der Waals surface area contributed by atoms with E-state index in [1.807, 2.05) is 38.4 Å². The molecule has 0 saturated carbocycles. The van der Waals surface area contributed by atoms with Gasteiger partial charge in [-0.15, -0.1) is 0 Å². The lowest BCUT2D eigenvalue weighted by Gasteiger charge is -2.26. The van der Waals surface area contributed by atoms with Crippen molar-refractivity contribution in [1.29, 1.82) is 0 Å². The molecule has 1 unspecified atom stereocenters. The second-order valence-corrected chi connectivity index (χ2v) is 6.30. The molecule has 5 nitrogen and oxygen atoms in total. The summed E-state index contributed by atoms with van der Waals surface area (Å²) in [5, 5.41) is 6.24.